The maximum absolute atomic E-state index is 12.8. The highest BCUT2D eigenvalue weighted by Crippen LogP contribution is 2.31. The molecule has 0 aliphatic rings. The van der Waals surface area contributed by atoms with Crippen molar-refractivity contribution in [2.45, 2.75) is 6.92 Å². The molecule has 5 rings (SSSR count). The van der Waals surface area contributed by atoms with Crippen LogP contribution in [0.15, 0.2) is 76.3 Å². The van der Waals surface area contributed by atoms with E-state index in [0.29, 0.717) is 16.6 Å². The Kier molecular flexibility index (Phi) is 3.74. The highest BCUT2D eigenvalue weighted by molar-refractivity contribution is 7.21. The van der Waals surface area contributed by atoms with Crippen LogP contribution in [0.25, 0.3) is 37.4 Å². The van der Waals surface area contributed by atoms with Gasteiger partial charge < -0.3 is 4.98 Å². The molecule has 0 amide bonds. The number of nitrogens with zero attached hydrogens (tertiary/aromatic N) is 2. The molecule has 0 saturated carbocycles. The second kappa shape index (κ2) is 6.28. The lowest BCUT2D eigenvalue weighted by atomic mass is 10.2. The number of hydrogen-bond donors (Lipinski definition) is 1. The van der Waals surface area contributed by atoms with Gasteiger partial charge in [-0.15, -0.1) is 11.3 Å². The van der Waals surface area contributed by atoms with Gasteiger partial charge in [0, 0.05) is 5.56 Å². The fraction of sp³-hybridized carbons (Fsp3) is 0.0455. The molecule has 0 bridgehead atoms. The topological polar surface area (TPSA) is 67.8 Å². The van der Waals surface area contributed by atoms with Crippen LogP contribution in [0.3, 0.4) is 0 Å². The summed E-state index contributed by atoms with van der Waals surface area (Å²) in [4.78, 5) is 32.7. The molecular formula is C22H15N3O2S. The third-order valence-electron chi connectivity index (χ3n) is 4.72. The fourth-order valence-electron chi connectivity index (χ4n) is 3.31. The molecule has 136 valence electrons. The first-order valence-electron chi connectivity index (χ1n) is 8.82. The van der Waals surface area contributed by atoms with Crippen molar-refractivity contribution in [3.05, 3.63) is 93.1 Å². The third kappa shape index (κ3) is 2.66. The zero-order chi connectivity index (χ0) is 19.3. The highest BCUT2D eigenvalue weighted by atomic mass is 32.1. The standard InChI is InChI=1S/C22H15N3O2S/c1-13-6-11-18-19(12-13)28-20(23-18)14-7-9-15(10-8-14)25-21(26)16-4-2-3-5-17(16)24-22(25)27/h2-12H,1H3,(H,24,27). The lowest BCUT2D eigenvalue weighted by Crippen LogP contribution is -2.33. The number of aryl methyl sites for hydroxylation is 1. The second-order valence-corrected chi connectivity index (χ2v) is 7.68. The normalized spacial score (nSPS) is 11.3. The van der Waals surface area contributed by atoms with Crippen molar-refractivity contribution < 1.29 is 0 Å². The Balaban J connectivity index is 1.61. The molecule has 5 aromatic rings. The zero-order valence-corrected chi connectivity index (χ0v) is 15.8. The fourth-order valence-corrected chi connectivity index (χ4v) is 4.37. The molecule has 0 unspecified atom stereocenters. The van der Waals surface area contributed by atoms with E-state index in [4.69, 9.17) is 0 Å². The van der Waals surface area contributed by atoms with Crippen molar-refractivity contribution in [1.82, 2.24) is 14.5 Å². The van der Waals surface area contributed by atoms with Gasteiger partial charge in [0.1, 0.15) is 5.01 Å². The van der Waals surface area contributed by atoms with Crippen LogP contribution in [0.2, 0.25) is 0 Å². The summed E-state index contributed by atoms with van der Waals surface area (Å²) in [6.07, 6.45) is 0. The highest BCUT2D eigenvalue weighted by Gasteiger charge is 2.11. The first-order chi connectivity index (χ1) is 13.6. The van der Waals surface area contributed by atoms with E-state index in [1.54, 1.807) is 47.7 Å². The minimum Gasteiger partial charge on any atom is -0.306 e. The van der Waals surface area contributed by atoms with Crippen LogP contribution in [0.4, 0.5) is 0 Å². The molecule has 0 aliphatic heterocycles. The Morgan fingerprint density at radius 1 is 0.964 bits per heavy atom. The van der Waals surface area contributed by atoms with Crippen LogP contribution in [0.1, 0.15) is 5.56 Å². The Labute approximate surface area is 163 Å². The quantitative estimate of drug-likeness (QED) is 0.494. The van der Waals surface area contributed by atoms with Crippen LogP contribution in [0, 0.1) is 6.92 Å². The molecule has 28 heavy (non-hydrogen) atoms. The van der Waals surface area contributed by atoms with Gasteiger partial charge in [-0.2, -0.15) is 0 Å². The minimum absolute atomic E-state index is 0.331. The van der Waals surface area contributed by atoms with Gasteiger partial charge in [0.25, 0.3) is 5.56 Å². The van der Waals surface area contributed by atoms with Crippen LogP contribution in [-0.4, -0.2) is 14.5 Å². The molecule has 0 spiro atoms. The summed E-state index contributed by atoms with van der Waals surface area (Å²) in [7, 11) is 0. The van der Waals surface area contributed by atoms with E-state index in [2.05, 4.69) is 23.0 Å². The average Bonchev–Trinajstić information content (AvgIpc) is 3.12. The number of aromatic amines is 1. The van der Waals surface area contributed by atoms with E-state index in [1.165, 1.54) is 5.56 Å². The monoisotopic (exact) mass is 385 g/mol. The van der Waals surface area contributed by atoms with E-state index in [1.807, 2.05) is 24.3 Å². The number of para-hydroxylation sites is 1. The van der Waals surface area contributed by atoms with E-state index in [0.717, 1.165) is 25.4 Å². The maximum Gasteiger partial charge on any atom is 0.333 e. The third-order valence-corrected chi connectivity index (χ3v) is 5.79. The van der Waals surface area contributed by atoms with E-state index in [9.17, 15) is 9.59 Å². The van der Waals surface area contributed by atoms with Crippen molar-refractivity contribution >= 4 is 32.5 Å². The molecule has 3 aromatic carbocycles. The Morgan fingerprint density at radius 2 is 1.75 bits per heavy atom. The number of H-pyrrole nitrogens is 1. The molecule has 5 nitrogen and oxygen atoms in total. The summed E-state index contributed by atoms with van der Waals surface area (Å²) in [5, 5.41) is 1.39. The lowest BCUT2D eigenvalue weighted by Gasteiger charge is -2.07. The van der Waals surface area contributed by atoms with Gasteiger partial charge in [0.15, 0.2) is 0 Å². The SMILES string of the molecule is Cc1ccc2nc(-c3ccc(-n4c(=O)[nH]c5ccccc5c4=O)cc3)sc2c1. The first-order valence-corrected chi connectivity index (χ1v) is 9.64. The largest absolute Gasteiger partial charge is 0.333 e. The van der Waals surface area contributed by atoms with Crippen LogP contribution >= 0.6 is 11.3 Å². The first kappa shape index (κ1) is 16.6. The summed E-state index contributed by atoms with van der Waals surface area (Å²) in [5.41, 5.74) is 3.40. The number of hydrogen-bond acceptors (Lipinski definition) is 4. The van der Waals surface area contributed by atoms with Crippen molar-refractivity contribution in [2.24, 2.45) is 0 Å². The molecule has 0 fully saturated rings. The number of aromatic nitrogens is 3. The number of nitrogens with one attached hydrogen (secondary N) is 1. The van der Waals surface area contributed by atoms with Gasteiger partial charge in [-0.25, -0.2) is 14.3 Å². The van der Waals surface area contributed by atoms with Crippen LogP contribution in [-0.2, 0) is 0 Å². The predicted octanol–water partition coefficient (Wildman–Crippen LogP) is 4.26. The summed E-state index contributed by atoms with van der Waals surface area (Å²) in [5.74, 6) is 0. The molecule has 2 heterocycles. The van der Waals surface area contributed by atoms with Gasteiger partial charge in [-0.05, 0) is 61.0 Å². The summed E-state index contributed by atoms with van der Waals surface area (Å²) in [6, 6.07) is 20.5. The average molecular weight is 385 g/mol. The molecule has 0 saturated heterocycles. The van der Waals surface area contributed by atoms with Gasteiger partial charge in [0.05, 0.1) is 26.8 Å². The number of thiazole rings is 1. The summed E-state index contributed by atoms with van der Waals surface area (Å²) >= 11 is 1.63. The van der Waals surface area contributed by atoms with E-state index < -0.39 is 5.69 Å². The molecule has 6 heteroatoms. The molecule has 0 atom stereocenters. The second-order valence-electron chi connectivity index (χ2n) is 6.65. The van der Waals surface area contributed by atoms with Crippen molar-refractivity contribution in [3.63, 3.8) is 0 Å². The number of benzene rings is 3. The van der Waals surface area contributed by atoms with Crippen molar-refractivity contribution in [1.29, 1.82) is 0 Å². The van der Waals surface area contributed by atoms with E-state index >= 15 is 0 Å². The number of fused-ring (bicyclic) bond motifs is 2. The lowest BCUT2D eigenvalue weighted by molar-refractivity contribution is 0.901. The van der Waals surface area contributed by atoms with Gasteiger partial charge in [-0.3, -0.25) is 4.79 Å². The molecule has 1 N–H and O–H groups in total. The van der Waals surface area contributed by atoms with Crippen molar-refractivity contribution in [3.8, 4) is 16.3 Å². The Hall–Kier alpha value is -3.51. The molecule has 0 aliphatic carbocycles. The van der Waals surface area contributed by atoms with Crippen molar-refractivity contribution in [2.75, 3.05) is 0 Å². The predicted molar refractivity (Wildman–Crippen MR) is 114 cm³/mol. The van der Waals surface area contributed by atoms with E-state index in [-0.39, 0.29) is 5.56 Å². The smallest absolute Gasteiger partial charge is 0.306 e. The van der Waals surface area contributed by atoms with Gasteiger partial charge in [0.2, 0.25) is 0 Å². The molecule has 0 radical (unpaired) electrons. The maximum atomic E-state index is 12.8. The molecule has 2 aromatic heterocycles. The molecular weight excluding hydrogens is 370 g/mol. The van der Waals surface area contributed by atoms with Gasteiger partial charge in [-0.1, -0.05) is 18.2 Å². The Bertz CT molecular complexity index is 1460. The zero-order valence-electron chi connectivity index (χ0n) is 15.0. The van der Waals surface area contributed by atoms with Crippen LogP contribution in [0.5, 0.6) is 0 Å². The van der Waals surface area contributed by atoms with Crippen LogP contribution < -0.4 is 11.2 Å². The van der Waals surface area contributed by atoms with Gasteiger partial charge >= 0.3 is 5.69 Å². The number of rotatable bonds is 2. The summed E-state index contributed by atoms with van der Waals surface area (Å²) < 4.78 is 2.30. The summed E-state index contributed by atoms with van der Waals surface area (Å²) in [6.45, 7) is 2.06. The minimum atomic E-state index is -0.452. The Morgan fingerprint density at radius 3 is 2.57 bits per heavy atom.